The quantitative estimate of drug-likeness (QED) is 0.604. The summed E-state index contributed by atoms with van der Waals surface area (Å²) in [7, 11) is 0. The van der Waals surface area contributed by atoms with Crippen LogP contribution in [-0.4, -0.2) is 19.1 Å². The molecule has 0 fully saturated rings. The Labute approximate surface area is 99.7 Å². The number of halogens is 1. The van der Waals surface area contributed by atoms with E-state index in [4.69, 9.17) is 0 Å². The first-order chi connectivity index (χ1) is 8.22. The molecule has 0 unspecified atom stereocenters. The van der Waals surface area contributed by atoms with Crippen molar-refractivity contribution in [3.63, 3.8) is 0 Å². The van der Waals surface area contributed by atoms with Crippen LogP contribution < -0.4 is 10.6 Å². The average molecular weight is 232 g/mol. The van der Waals surface area contributed by atoms with Crippen LogP contribution in [0.5, 0.6) is 0 Å². The lowest BCUT2D eigenvalue weighted by atomic mass is 10.2. The second-order valence-corrected chi connectivity index (χ2v) is 3.16. The molecule has 2 amide bonds. The van der Waals surface area contributed by atoms with Gasteiger partial charge in [-0.2, -0.15) is 0 Å². The van der Waals surface area contributed by atoms with Gasteiger partial charge in [0.2, 0.25) is 0 Å². The van der Waals surface area contributed by atoms with Crippen molar-refractivity contribution in [3.05, 3.63) is 48.3 Å². The van der Waals surface area contributed by atoms with E-state index in [9.17, 15) is 9.18 Å². The highest BCUT2D eigenvalue weighted by atomic mass is 19.1. The molecule has 0 spiro atoms. The number of rotatable bonds is 3. The standard InChI is InChI=1S/C13H13FN2O/c1-2-9-15-13(17)16-10-3-4-11-5-7-12(14)8-6-11/h2,5-8H,1,9-10H2,(H2,15,16,17). The number of carbonyl (C=O) groups excluding carboxylic acids is 1. The lowest BCUT2D eigenvalue weighted by molar-refractivity contribution is 0.243. The monoisotopic (exact) mass is 232 g/mol. The van der Waals surface area contributed by atoms with Crippen LogP contribution >= 0.6 is 0 Å². The van der Waals surface area contributed by atoms with Gasteiger partial charge in [-0.05, 0) is 24.3 Å². The zero-order chi connectivity index (χ0) is 12.5. The van der Waals surface area contributed by atoms with E-state index < -0.39 is 0 Å². The maximum absolute atomic E-state index is 12.6. The van der Waals surface area contributed by atoms with Crippen LogP contribution in [-0.2, 0) is 0 Å². The molecule has 0 bridgehead atoms. The van der Waals surface area contributed by atoms with Gasteiger partial charge in [0.1, 0.15) is 5.82 Å². The van der Waals surface area contributed by atoms with Gasteiger partial charge in [-0.3, -0.25) is 0 Å². The highest BCUT2D eigenvalue weighted by Gasteiger charge is 1.93. The molecule has 0 aliphatic rings. The van der Waals surface area contributed by atoms with Crippen LogP contribution in [0, 0.1) is 17.7 Å². The summed E-state index contributed by atoms with van der Waals surface area (Å²) < 4.78 is 12.6. The van der Waals surface area contributed by atoms with Crippen molar-refractivity contribution >= 4 is 6.03 Å². The Morgan fingerprint density at radius 3 is 2.71 bits per heavy atom. The number of carbonyl (C=O) groups is 1. The number of nitrogens with one attached hydrogen (secondary N) is 2. The third-order valence-corrected chi connectivity index (χ3v) is 1.82. The summed E-state index contributed by atoms with van der Waals surface area (Å²) in [6, 6.07) is 5.56. The summed E-state index contributed by atoms with van der Waals surface area (Å²) in [5, 5.41) is 5.11. The number of amides is 2. The minimum atomic E-state index is -0.294. The van der Waals surface area contributed by atoms with E-state index in [0.717, 1.165) is 0 Å². The number of hydrogen-bond donors (Lipinski definition) is 2. The fraction of sp³-hybridized carbons (Fsp3) is 0.154. The maximum Gasteiger partial charge on any atom is 0.315 e. The lowest BCUT2D eigenvalue weighted by Gasteiger charge is -2.00. The number of benzene rings is 1. The van der Waals surface area contributed by atoms with Gasteiger partial charge in [-0.15, -0.1) is 6.58 Å². The molecular weight excluding hydrogens is 219 g/mol. The molecule has 0 aliphatic carbocycles. The Morgan fingerprint density at radius 2 is 2.06 bits per heavy atom. The summed E-state index contributed by atoms with van der Waals surface area (Å²) in [6.45, 7) is 4.13. The predicted octanol–water partition coefficient (Wildman–Crippen LogP) is 1.66. The number of hydrogen-bond acceptors (Lipinski definition) is 1. The molecule has 1 aromatic rings. The van der Waals surface area contributed by atoms with Gasteiger partial charge in [-0.25, -0.2) is 9.18 Å². The second kappa shape index (κ2) is 7.07. The van der Waals surface area contributed by atoms with Gasteiger partial charge in [0.25, 0.3) is 0 Å². The first kappa shape index (κ1) is 12.8. The molecule has 0 aliphatic heterocycles. The molecule has 0 saturated carbocycles. The van der Waals surface area contributed by atoms with E-state index in [1.165, 1.54) is 12.1 Å². The first-order valence-corrected chi connectivity index (χ1v) is 5.09. The third kappa shape index (κ3) is 5.38. The molecular formula is C13H13FN2O. The van der Waals surface area contributed by atoms with Crippen LogP contribution in [0.4, 0.5) is 9.18 Å². The Kier molecular flexibility index (Phi) is 5.32. The Hall–Kier alpha value is -2.28. The van der Waals surface area contributed by atoms with E-state index in [1.54, 1.807) is 18.2 Å². The molecule has 17 heavy (non-hydrogen) atoms. The van der Waals surface area contributed by atoms with Crippen LogP contribution in [0.1, 0.15) is 5.56 Å². The van der Waals surface area contributed by atoms with Gasteiger partial charge >= 0.3 is 6.03 Å². The molecule has 0 saturated heterocycles. The molecule has 2 N–H and O–H groups in total. The highest BCUT2D eigenvalue weighted by molar-refractivity contribution is 5.74. The smallest absolute Gasteiger partial charge is 0.315 e. The van der Waals surface area contributed by atoms with Crippen molar-refractivity contribution in [3.8, 4) is 11.8 Å². The Bertz CT molecular complexity index is 443. The predicted molar refractivity (Wildman–Crippen MR) is 64.9 cm³/mol. The van der Waals surface area contributed by atoms with Crippen molar-refractivity contribution < 1.29 is 9.18 Å². The number of urea groups is 1. The van der Waals surface area contributed by atoms with Gasteiger partial charge < -0.3 is 10.6 Å². The van der Waals surface area contributed by atoms with E-state index in [0.29, 0.717) is 12.1 Å². The average Bonchev–Trinajstić information content (AvgIpc) is 2.34. The van der Waals surface area contributed by atoms with Crippen LogP contribution in [0.25, 0.3) is 0 Å². The Balaban J connectivity index is 2.33. The minimum Gasteiger partial charge on any atom is -0.335 e. The molecule has 3 nitrogen and oxygen atoms in total. The SMILES string of the molecule is C=CCNC(=O)NCC#Cc1ccc(F)cc1. The van der Waals surface area contributed by atoms with E-state index in [2.05, 4.69) is 29.1 Å². The maximum atomic E-state index is 12.6. The van der Waals surface area contributed by atoms with Crippen LogP contribution in [0.15, 0.2) is 36.9 Å². The molecule has 0 atom stereocenters. The molecule has 1 rings (SSSR count). The molecule has 1 aromatic carbocycles. The first-order valence-electron chi connectivity index (χ1n) is 5.09. The normalized spacial score (nSPS) is 8.76. The van der Waals surface area contributed by atoms with Crippen molar-refractivity contribution in [2.45, 2.75) is 0 Å². The van der Waals surface area contributed by atoms with Crippen LogP contribution in [0.3, 0.4) is 0 Å². The molecule has 0 radical (unpaired) electrons. The summed E-state index contributed by atoms with van der Waals surface area (Å²) in [5.74, 6) is 5.27. The van der Waals surface area contributed by atoms with Gasteiger partial charge in [-0.1, -0.05) is 17.9 Å². The van der Waals surface area contributed by atoms with Crippen molar-refractivity contribution in [2.75, 3.05) is 13.1 Å². The largest absolute Gasteiger partial charge is 0.335 e. The molecule has 88 valence electrons. The van der Waals surface area contributed by atoms with E-state index in [-0.39, 0.29) is 18.4 Å². The fourth-order valence-corrected chi connectivity index (χ4v) is 1.03. The summed E-state index contributed by atoms with van der Waals surface area (Å²) in [6.07, 6.45) is 1.59. The fourth-order valence-electron chi connectivity index (χ4n) is 1.03. The van der Waals surface area contributed by atoms with Crippen molar-refractivity contribution in [1.29, 1.82) is 0 Å². The molecule has 0 heterocycles. The van der Waals surface area contributed by atoms with Gasteiger partial charge in [0, 0.05) is 12.1 Å². The zero-order valence-corrected chi connectivity index (χ0v) is 9.29. The summed E-state index contributed by atoms with van der Waals surface area (Å²) >= 11 is 0. The van der Waals surface area contributed by atoms with E-state index in [1.807, 2.05) is 0 Å². The Morgan fingerprint density at radius 1 is 1.35 bits per heavy atom. The lowest BCUT2D eigenvalue weighted by Crippen LogP contribution is -2.35. The third-order valence-electron chi connectivity index (χ3n) is 1.82. The topological polar surface area (TPSA) is 41.1 Å². The summed E-state index contributed by atoms with van der Waals surface area (Å²) in [4.78, 5) is 11.1. The highest BCUT2D eigenvalue weighted by Crippen LogP contribution is 1.99. The van der Waals surface area contributed by atoms with Crippen LogP contribution in [0.2, 0.25) is 0 Å². The molecule has 4 heteroatoms. The van der Waals surface area contributed by atoms with Crippen molar-refractivity contribution in [2.24, 2.45) is 0 Å². The second-order valence-electron chi connectivity index (χ2n) is 3.16. The van der Waals surface area contributed by atoms with Gasteiger partial charge in [0.05, 0.1) is 6.54 Å². The van der Waals surface area contributed by atoms with Gasteiger partial charge in [0.15, 0.2) is 0 Å². The zero-order valence-electron chi connectivity index (χ0n) is 9.29. The minimum absolute atomic E-state index is 0.236. The molecule has 0 aromatic heterocycles. The van der Waals surface area contributed by atoms with Crippen molar-refractivity contribution in [1.82, 2.24) is 10.6 Å². The summed E-state index contributed by atoms with van der Waals surface area (Å²) in [5.41, 5.74) is 0.708. The van der Waals surface area contributed by atoms with E-state index >= 15 is 0 Å².